The topological polar surface area (TPSA) is 53.5 Å². The summed E-state index contributed by atoms with van der Waals surface area (Å²) in [5.74, 6) is 0.751. The lowest BCUT2D eigenvalue weighted by Gasteiger charge is -2.32. The second-order valence-corrected chi connectivity index (χ2v) is 7.07. The van der Waals surface area contributed by atoms with Crippen LogP contribution in [0.25, 0.3) is 0 Å². The molecule has 22 heavy (non-hydrogen) atoms. The lowest BCUT2D eigenvalue weighted by atomic mass is 9.87. The van der Waals surface area contributed by atoms with E-state index in [1.54, 1.807) is 0 Å². The molecule has 1 aromatic rings. The Kier molecular flexibility index (Phi) is 3.46. The number of fused-ring (bicyclic) bond motifs is 1. The van der Waals surface area contributed by atoms with Gasteiger partial charge >= 0.3 is 0 Å². The third-order valence-corrected chi connectivity index (χ3v) is 5.16. The number of carbonyl (C=O) groups is 1. The summed E-state index contributed by atoms with van der Waals surface area (Å²) in [5, 5.41) is 7.11. The monoisotopic (exact) mass is 317 g/mol. The maximum Gasteiger partial charge on any atom is 0.252 e. The Labute approximate surface area is 135 Å². The molecule has 1 saturated heterocycles. The number of nitrogens with zero attached hydrogens (tertiary/aromatic N) is 1. The molecule has 0 unspecified atom stereocenters. The van der Waals surface area contributed by atoms with Crippen molar-refractivity contribution in [1.29, 1.82) is 0 Å². The van der Waals surface area contributed by atoms with Crippen LogP contribution < -0.4 is 10.6 Å². The molecular weight excluding hydrogens is 298 g/mol. The highest BCUT2D eigenvalue weighted by atomic mass is 35.5. The molecule has 3 aliphatic rings. The van der Waals surface area contributed by atoms with Gasteiger partial charge in [-0.15, -0.1) is 0 Å². The van der Waals surface area contributed by atoms with Crippen LogP contribution in [0, 0.1) is 5.92 Å². The number of hydrogen-bond donors (Lipinski definition) is 2. The second kappa shape index (κ2) is 5.36. The molecule has 0 aromatic heterocycles. The molecule has 0 radical (unpaired) electrons. The number of anilines is 1. The Morgan fingerprint density at radius 3 is 2.77 bits per heavy atom. The first-order chi connectivity index (χ1) is 10.7. The number of nitrogens with one attached hydrogen (secondary N) is 2. The van der Waals surface area contributed by atoms with E-state index in [9.17, 15) is 4.79 Å². The van der Waals surface area contributed by atoms with Crippen molar-refractivity contribution in [3.8, 4) is 0 Å². The van der Waals surface area contributed by atoms with Gasteiger partial charge in [0.25, 0.3) is 5.91 Å². The average Bonchev–Trinajstić information content (AvgIpc) is 3.33. The summed E-state index contributed by atoms with van der Waals surface area (Å²) in [5.41, 5.74) is 2.30. The van der Waals surface area contributed by atoms with Crippen molar-refractivity contribution >= 4 is 28.9 Å². The van der Waals surface area contributed by atoms with E-state index in [0.29, 0.717) is 5.02 Å². The SMILES string of the molecule is O=C1Nc2ccc(Cl)cc2C(CC2CC2)=NC12CCNCC2. The van der Waals surface area contributed by atoms with E-state index < -0.39 is 5.54 Å². The summed E-state index contributed by atoms with van der Waals surface area (Å²) in [4.78, 5) is 17.8. The third-order valence-electron chi connectivity index (χ3n) is 4.92. The summed E-state index contributed by atoms with van der Waals surface area (Å²) in [6.45, 7) is 1.68. The first kappa shape index (κ1) is 14.2. The number of amides is 1. The van der Waals surface area contributed by atoms with Gasteiger partial charge in [0.2, 0.25) is 0 Å². The van der Waals surface area contributed by atoms with E-state index in [1.165, 1.54) is 12.8 Å². The molecule has 2 fully saturated rings. The van der Waals surface area contributed by atoms with E-state index in [0.717, 1.165) is 55.2 Å². The predicted molar refractivity (Wildman–Crippen MR) is 88.8 cm³/mol. The molecular formula is C17H20ClN3O. The first-order valence-electron chi connectivity index (χ1n) is 8.07. The molecule has 4 rings (SSSR count). The van der Waals surface area contributed by atoms with Gasteiger partial charge in [0.1, 0.15) is 5.54 Å². The molecule has 1 aromatic carbocycles. The quantitative estimate of drug-likeness (QED) is 0.881. The van der Waals surface area contributed by atoms with Crippen molar-refractivity contribution in [2.45, 2.75) is 37.6 Å². The first-order valence-corrected chi connectivity index (χ1v) is 8.45. The molecule has 2 heterocycles. The van der Waals surface area contributed by atoms with Crippen LogP contribution in [-0.2, 0) is 4.79 Å². The number of hydrogen-bond acceptors (Lipinski definition) is 3. The standard InChI is InChI=1S/C17H20ClN3O/c18-12-3-4-14-13(10-12)15(9-11-1-2-11)21-17(16(22)20-14)5-7-19-8-6-17/h3-4,10-11,19H,1-2,5-9H2,(H,20,22). The van der Waals surface area contributed by atoms with E-state index >= 15 is 0 Å². The number of aliphatic imine (C=N–C) groups is 1. The number of piperidine rings is 1. The minimum atomic E-state index is -0.610. The second-order valence-electron chi connectivity index (χ2n) is 6.63. The van der Waals surface area contributed by atoms with Crippen molar-refractivity contribution < 1.29 is 4.79 Å². The fourth-order valence-corrected chi connectivity index (χ4v) is 3.57. The highest BCUT2D eigenvalue weighted by Gasteiger charge is 2.42. The molecule has 1 saturated carbocycles. The van der Waals surface area contributed by atoms with Crippen LogP contribution in [0.3, 0.4) is 0 Å². The summed E-state index contributed by atoms with van der Waals surface area (Å²) in [6, 6.07) is 5.67. The molecule has 1 spiro atoms. The van der Waals surface area contributed by atoms with Crippen LogP contribution in [0.4, 0.5) is 5.69 Å². The number of rotatable bonds is 2. The van der Waals surface area contributed by atoms with Crippen LogP contribution >= 0.6 is 11.6 Å². The Morgan fingerprint density at radius 2 is 2.05 bits per heavy atom. The van der Waals surface area contributed by atoms with Crippen LogP contribution in [0.2, 0.25) is 5.02 Å². The van der Waals surface area contributed by atoms with E-state index in [1.807, 2.05) is 18.2 Å². The summed E-state index contributed by atoms with van der Waals surface area (Å²) in [7, 11) is 0. The normalized spacial score (nSPS) is 23.5. The van der Waals surface area contributed by atoms with Crippen molar-refractivity contribution in [2.24, 2.45) is 10.9 Å². The fraction of sp³-hybridized carbons (Fsp3) is 0.529. The Bertz CT molecular complexity index is 645. The minimum Gasteiger partial charge on any atom is -0.323 e. The Balaban J connectivity index is 1.81. The lowest BCUT2D eigenvalue weighted by molar-refractivity contribution is -0.121. The zero-order valence-corrected chi connectivity index (χ0v) is 13.2. The van der Waals surface area contributed by atoms with Gasteiger partial charge in [-0.1, -0.05) is 11.6 Å². The van der Waals surface area contributed by atoms with Gasteiger partial charge in [0.15, 0.2) is 0 Å². The van der Waals surface area contributed by atoms with Gasteiger partial charge in [-0.2, -0.15) is 0 Å². The Hall–Kier alpha value is -1.39. The number of benzene rings is 1. The van der Waals surface area contributed by atoms with E-state index in [2.05, 4.69) is 10.6 Å². The Morgan fingerprint density at radius 1 is 1.27 bits per heavy atom. The molecule has 0 bridgehead atoms. The molecule has 0 atom stereocenters. The van der Waals surface area contributed by atoms with Crippen LogP contribution in [-0.4, -0.2) is 30.2 Å². The molecule has 5 heteroatoms. The van der Waals surface area contributed by atoms with E-state index in [-0.39, 0.29) is 5.91 Å². The molecule has 4 nitrogen and oxygen atoms in total. The fourth-order valence-electron chi connectivity index (χ4n) is 3.40. The minimum absolute atomic E-state index is 0.0309. The lowest BCUT2D eigenvalue weighted by Crippen LogP contribution is -2.49. The van der Waals surface area contributed by atoms with Gasteiger partial charge < -0.3 is 10.6 Å². The van der Waals surface area contributed by atoms with Crippen molar-refractivity contribution in [3.63, 3.8) is 0 Å². The van der Waals surface area contributed by atoms with Crippen LogP contribution in [0.1, 0.15) is 37.7 Å². The van der Waals surface area contributed by atoms with Gasteiger partial charge in [0, 0.05) is 22.0 Å². The maximum atomic E-state index is 12.8. The third kappa shape index (κ3) is 2.55. The highest BCUT2D eigenvalue weighted by Crippen LogP contribution is 2.38. The smallest absolute Gasteiger partial charge is 0.252 e. The summed E-state index contributed by atoms with van der Waals surface area (Å²) >= 11 is 6.18. The van der Waals surface area contributed by atoms with Gasteiger partial charge in [-0.25, -0.2) is 0 Å². The van der Waals surface area contributed by atoms with Crippen molar-refractivity contribution in [3.05, 3.63) is 28.8 Å². The number of carbonyl (C=O) groups excluding carboxylic acids is 1. The molecule has 1 amide bonds. The van der Waals surface area contributed by atoms with Gasteiger partial charge in [-0.3, -0.25) is 9.79 Å². The molecule has 1 aliphatic carbocycles. The van der Waals surface area contributed by atoms with Crippen molar-refractivity contribution in [2.75, 3.05) is 18.4 Å². The maximum absolute atomic E-state index is 12.8. The van der Waals surface area contributed by atoms with Crippen LogP contribution in [0.15, 0.2) is 23.2 Å². The number of halogens is 1. The molecule has 116 valence electrons. The summed E-state index contributed by atoms with van der Waals surface area (Å²) in [6.07, 6.45) is 5.01. The van der Waals surface area contributed by atoms with Crippen molar-refractivity contribution in [1.82, 2.24) is 5.32 Å². The van der Waals surface area contributed by atoms with E-state index in [4.69, 9.17) is 16.6 Å². The molecule has 2 aliphatic heterocycles. The zero-order chi connectivity index (χ0) is 15.2. The zero-order valence-electron chi connectivity index (χ0n) is 12.5. The van der Waals surface area contributed by atoms with Gasteiger partial charge in [0.05, 0.1) is 0 Å². The van der Waals surface area contributed by atoms with Gasteiger partial charge in [-0.05, 0) is 69.3 Å². The highest BCUT2D eigenvalue weighted by molar-refractivity contribution is 6.31. The summed E-state index contributed by atoms with van der Waals surface area (Å²) < 4.78 is 0. The predicted octanol–water partition coefficient (Wildman–Crippen LogP) is 3.00. The molecule has 2 N–H and O–H groups in total. The van der Waals surface area contributed by atoms with Crippen LogP contribution in [0.5, 0.6) is 0 Å². The average molecular weight is 318 g/mol. The largest absolute Gasteiger partial charge is 0.323 e.